The number of fused-ring (bicyclic) bond motifs is 2. The van der Waals surface area contributed by atoms with Crippen LogP contribution < -0.4 is 0 Å². The van der Waals surface area contributed by atoms with Gasteiger partial charge in [-0.25, -0.2) is 4.79 Å². The van der Waals surface area contributed by atoms with Gasteiger partial charge < -0.3 is 19.4 Å². The van der Waals surface area contributed by atoms with Crippen molar-refractivity contribution in [3.05, 3.63) is 35.4 Å². The van der Waals surface area contributed by atoms with E-state index in [2.05, 4.69) is 34.1 Å². The van der Waals surface area contributed by atoms with Gasteiger partial charge in [-0.1, -0.05) is 30.7 Å². The number of carbonyl (C=O) groups excluding carboxylic acids is 2. The minimum absolute atomic E-state index is 0.0936. The topological polar surface area (TPSA) is 53.1 Å². The van der Waals surface area contributed by atoms with Crippen molar-refractivity contribution >= 4 is 12.0 Å². The highest BCUT2D eigenvalue weighted by atomic mass is 16.6. The normalized spacial score (nSPS) is 24.2. The van der Waals surface area contributed by atoms with Crippen LogP contribution in [0.5, 0.6) is 0 Å². The van der Waals surface area contributed by atoms with Gasteiger partial charge in [0.1, 0.15) is 0 Å². The zero-order chi connectivity index (χ0) is 22.1. The largest absolute Gasteiger partial charge is 0.450 e. The third-order valence-corrected chi connectivity index (χ3v) is 8.47. The van der Waals surface area contributed by atoms with Crippen molar-refractivity contribution in [3.63, 3.8) is 0 Å². The Hall–Kier alpha value is -2.08. The average molecular weight is 440 g/mol. The number of nitrogens with zero attached hydrogens (tertiary/aromatic N) is 3. The first-order chi connectivity index (χ1) is 15.6. The molecule has 0 unspecified atom stereocenters. The van der Waals surface area contributed by atoms with E-state index in [1.54, 1.807) is 0 Å². The molecule has 4 aliphatic rings. The molecule has 0 bridgehead atoms. The summed E-state index contributed by atoms with van der Waals surface area (Å²) in [7, 11) is 0. The van der Waals surface area contributed by atoms with E-state index in [1.807, 2.05) is 11.8 Å². The average Bonchev–Trinajstić information content (AvgIpc) is 2.79. The fourth-order valence-corrected chi connectivity index (χ4v) is 6.33. The first kappa shape index (κ1) is 21.7. The maximum absolute atomic E-state index is 13.1. The molecule has 0 atom stereocenters. The van der Waals surface area contributed by atoms with Crippen LogP contribution in [0, 0.1) is 5.92 Å². The summed E-state index contributed by atoms with van der Waals surface area (Å²) in [6.45, 7) is 7.69. The van der Waals surface area contributed by atoms with E-state index in [9.17, 15) is 9.59 Å². The van der Waals surface area contributed by atoms with Crippen LogP contribution in [-0.4, -0.2) is 72.1 Å². The smallest absolute Gasteiger partial charge is 0.409 e. The van der Waals surface area contributed by atoms with Crippen molar-refractivity contribution in [2.24, 2.45) is 5.92 Å². The molecule has 1 aromatic rings. The lowest BCUT2D eigenvalue weighted by atomic mass is 9.68. The number of hydrogen-bond donors (Lipinski definition) is 0. The van der Waals surface area contributed by atoms with E-state index in [1.165, 1.54) is 17.5 Å². The Morgan fingerprint density at radius 3 is 2.38 bits per heavy atom. The molecule has 0 N–H and O–H groups in total. The molecule has 1 aromatic carbocycles. The summed E-state index contributed by atoms with van der Waals surface area (Å²) in [5.74, 6) is 0.654. The first-order valence-corrected chi connectivity index (χ1v) is 12.6. The number of amides is 2. The number of likely N-dealkylation sites (tertiary alicyclic amines) is 2. The van der Waals surface area contributed by atoms with Gasteiger partial charge in [0, 0.05) is 43.6 Å². The fraction of sp³-hybridized carbons (Fsp3) is 0.692. The molecule has 1 aliphatic carbocycles. The molecule has 3 aliphatic heterocycles. The van der Waals surface area contributed by atoms with Crippen molar-refractivity contribution in [2.75, 3.05) is 39.3 Å². The summed E-state index contributed by atoms with van der Waals surface area (Å²) < 4.78 is 5.17. The summed E-state index contributed by atoms with van der Waals surface area (Å²) in [5, 5.41) is 0. The second-order valence-electron chi connectivity index (χ2n) is 10.2. The van der Waals surface area contributed by atoms with E-state index in [0.717, 1.165) is 77.8 Å². The second kappa shape index (κ2) is 9.05. The maximum atomic E-state index is 13.1. The molecule has 6 heteroatoms. The van der Waals surface area contributed by atoms with Gasteiger partial charge in [-0.3, -0.25) is 4.79 Å². The van der Waals surface area contributed by atoms with Gasteiger partial charge in [-0.05, 0) is 69.7 Å². The lowest BCUT2D eigenvalue weighted by Crippen LogP contribution is -2.56. The summed E-state index contributed by atoms with van der Waals surface area (Å²) in [6.07, 6.45) is 7.44. The minimum Gasteiger partial charge on any atom is -0.450 e. The third-order valence-electron chi connectivity index (χ3n) is 8.47. The number of carbonyl (C=O) groups is 2. The molecule has 2 amide bonds. The molecule has 6 nitrogen and oxygen atoms in total. The van der Waals surface area contributed by atoms with Crippen molar-refractivity contribution in [3.8, 4) is 0 Å². The lowest BCUT2D eigenvalue weighted by molar-refractivity contribution is -0.141. The quantitative estimate of drug-likeness (QED) is 0.719. The Balaban J connectivity index is 1.24. The van der Waals surface area contributed by atoms with Gasteiger partial charge >= 0.3 is 6.09 Å². The van der Waals surface area contributed by atoms with Crippen LogP contribution in [0.4, 0.5) is 4.79 Å². The number of hydrogen-bond acceptors (Lipinski definition) is 4. The molecule has 3 heterocycles. The van der Waals surface area contributed by atoms with Crippen LogP contribution in [0.25, 0.3) is 0 Å². The van der Waals surface area contributed by atoms with E-state index >= 15 is 0 Å². The van der Waals surface area contributed by atoms with Crippen molar-refractivity contribution < 1.29 is 14.3 Å². The fourth-order valence-electron chi connectivity index (χ4n) is 6.33. The highest BCUT2D eigenvalue weighted by molar-refractivity contribution is 5.80. The Labute approximate surface area is 191 Å². The number of piperidine rings is 2. The van der Waals surface area contributed by atoms with Crippen LogP contribution in [0.1, 0.15) is 63.0 Å². The SMILES string of the molecule is CCOC(=O)N1CCC(N2CCC3(CC2)CN(C(=O)C2CCC2)Cc2ccccc23)CC1. The molecule has 174 valence electrons. The number of ether oxygens (including phenoxy) is 1. The summed E-state index contributed by atoms with van der Waals surface area (Å²) in [4.78, 5) is 31.8. The predicted octanol–water partition coefficient (Wildman–Crippen LogP) is 3.78. The maximum Gasteiger partial charge on any atom is 0.409 e. The molecule has 1 saturated carbocycles. The zero-order valence-electron chi connectivity index (χ0n) is 19.4. The highest BCUT2D eigenvalue weighted by Gasteiger charge is 2.45. The standard InChI is InChI=1S/C26H37N3O3/c1-2-32-25(31)28-14-10-22(11-15-28)27-16-12-26(13-17-27)19-29(24(30)20-7-5-8-20)18-21-6-3-4-9-23(21)26/h3-4,6,9,20,22H,2,5,7-8,10-19H2,1H3. The zero-order valence-corrected chi connectivity index (χ0v) is 19.4. The van der Waals surface area contributed by atoms with E-state index < -0.39 is 0 Å². The van der Waals surface area contributed by atoms with Gasteiger partial charge in [0.2, 0.25) is 5.91 Å². The van der Waals surface area contributed by atoms with E-state index in [-0.39, 0.29) is 17.4 Å². The molecular weight excluding hydrogens is 402 g/mol. The second-order valence-corrected chi connectivity index (χ2v) is 10.2. The molecule has 5 rings (SSSR count). The Morgan fingerprint density at radius 1 is 1.00 bits per heavy atom. The van der Waals surface area contributed by atoms with Gasteiger partial charge in [-0.15, -0.1) is 0 Å². The summed E-state index contributed by atoms with van der Waals surface area (Å²) in [5.41, 5.74) is 2.92. The minimum atomic E-state index is -0.168. The lowest BCUT2D eigenvalue weighted by Gasteiger charge is -2.51. The Bertz CT molecular complexity index is 836. The third kappa shape index (κ3) is 4.02. The summed E-state index contributed by atoms with van der Waals surface area (Å²) in [6, 6.07) is 9.38. The molecule has 1 spiro atoms. The van der Waals surface area contributed by atoms with Gasteiger partial charge in [0.25, 0.3) is 0 Å². The van der Waals surface area contributed by atoms with E-state index in [0.29, 0.717) is 18.6 Å². The highest BCUT2D eigenvalue weighted by Crippen LogP contribution is 2.43. The van der Waals surface area contributed by atoms with E-state index in [4.69, 9.17) is 4.74 Å². The molecular formula is C26H37N3O3. The van der Waals surface area contributed by atoms with Crippen LogP contribution in [0.15, 0.2) is 24.3 Å². The Morgan fingerprint density at radius 2 is 1.72 bits per heavy atom. The Kier molecular flexibility index (Phi) is 6.15. The molecule has 2 saturated heterocycles. The van der Waals surface area contributed by atoms with Crippen molar-refractivity contribution in [2.45, 2.75) is 69.9 Å². The number of rotatable bonds is 3. The summed E-state index contributed by atoms with van der Waals surface area (Å²) >= 11 is 0. The van der Waals surface area contributed by atoms with Crippen LogP contribution in [0.3, 0.4) is 0 Å². The number of benzene rings is 1. The monoisotopic (exact) mass is 439 g/mol. The van der Waals surface area contributed by atoms with Crippen LogP contribution in [-0.2, 0) is 21.5 Å². The molecule has 32 heavy (non-hydrogen) atoms. The first-order valence-electron chi connectivity index (χ1n) is 12.6. The van der Waals surface area contributed by atoms with Crippen molar-refractivity contribution in [1.82, 2.24) is 14.7 Å². The van der Waals surface area contributed by atoms with Crippen LogP contribution in [0.2, 0.25) is 0 Å². The molecule has 3 fully saturated rings. The van der Waals surface area contributed by atoms with Gasteiger partial charge in [-0.2, -0.15) is 0 Å². The van der Waals surface area contributed by atoms with Gasteiger partial charge in [0.15, 0.2) is 0 Å². The molecule has 0 radical (unpaired) electrons. The molecule has 0 aromatic heterocycles. The van der Waals surface area contributed by atoms with Crippen LogP contribution >= 0.6 is 0 Å². The van der Waals surface area contributed by atoms with Crippen molar-refractivity contribution in [1.29, 1.82) is 0 Å². The van der Waals surface area contributed by atoms with Gasteiger partial charge in [0.05, 0.1) is 6.61 Å². The predicted molar refractivity (Wildman–Crippen MR) is 123 cm³/mol.